The van der Waals surface area contributed by atoms with Crippen LogP contribution in [0.3, 0.4) is 0 Å². The lowest BCUT2D eigenvalue weighted by Gasteiger charge is -2.33. The van der Waals surface area contributed by atoms with E-state index in [2.05, 4.69) is 188 Å². The van der Waals surface area contributed by atoms with Crippen LogP contribution in [0.25, 0.3) is 88.9 Å². The highest BCUT2D eigenvalue weighted by Crippen LogP contribution is 2.57. The maximum Gasteiger partial charge on any atom is 0.160 e. The number of para-hydroxylation sites is 2. The topological polar surface area (TPSA) is 38.9 Å². The van der Waals surface area contributed by atoms with E-state index in [1.807, 2.05) is 30.3 Å². The first-order valence-electron chi connectivity index (χ1n) is 20.5. The fourth-order valence-corrected chi connectivity index (χ4v) is 9.78. The summed E-state index contributed by atoms with van der Waals surface area (Å²) < 4.78 is 6.52. The zero-order chi connectivity index (χ0) is 39.6. The zero-order valence-corrected chi connectivity index (χ0v) is 32.6. The third kappa shape index (κ3) is 5.16. The molecule has 280 valence electrons. The van der Waals surface area contributed by atoms with Gasteiger partial charge in [-0.05, 0) is 79.5 Å². The molecule has 1 aliphatic rings. The van der Waals surface area contributed by atoms with Crippen molar-refractivity contribution in [1.29, 1.82) is 0 Å². The third-order valence-corrected chi connectivity index (χ3v) is 12.4. The van der Waals surface area contributed by atoms with Crippen LogP contribution in [-0.2, 0) is 5.41 Å². The molecule has 0 unspecified atom stereocenters. The smallest absolute Gasteiger partial charge is 0.160 e. The lowest BCUT2D eigenvalue weighted by Crippen LogP contribution is -2.28. The minimum Gasteiger partial charge on any atom is -0.455 e. The molecule has 0 saturated heterocycles. The molecule has 11 aromatic rings. The van der Waals surface area contributed by atoms with E-state index in [9.17, 15) is 0 Å². The van der Waals surface area contributed by atoms with Gasteiger partial charge in [0.2, 0.25) is 0 Å². The molecule has 0 spiro atoms. The van der Waals surface area contributed by atoms with E-state index in [0.717, 1.165) is 55.4 Å². The van der Waals surface area contributed by atoms with E-state index in [4.69, 9.17) is 14.4 Å². The molecular formula is C57H36N2O. The van der Waals surface area contributed by atoms with Crippen LogP contribution in [0.15, 0.2) is 223 Å². The van der Waals surface area contributed by atoms with Crippen molar-refractivity contribution < 1.29 is 4.42 Å². The summed E-state index contributed by atoms with van der Waals surface area (Å²) in [5, 5.41) is 4.46. The number of fused-ring (bicyclic) bond motifs is 7. The average molecular weight is 765 g/mol. The summed E-state index contributed by atoms with van der Waals surface area (Å²) in [5.41, 5.74) is 15.9. The fraction of sp³-hybridized carbons (Fsp3) is 0.0175. The van der Waals surface area contributed by atoms with Crippen molar-refractivity contribution in [1.82, 2.24) is 9.97 Å². The van der Waals surface area contributed by atoms with Gasteiger partial charge in [-0.3, -0.25) is 0 Å². The molecule has 0 N–H and O–H groups in total. The largest absolute Gasteiger partial charge is 0.455 e. The Balaban J connectivity index is 1.05. The summed E-state index contributed by atoms with van der Waals surface area (Å²) >= 11 is 0. The molecule has 0 aliphatic heterocycles. The summed E-state index contributed by atoms with van der Waals surface area (Å²) in [6.07, 6.45) is 0. The van der Waals surface area contributed by atoms with Gasteiger partial charge in [-0.25, -0.2) is 9.97 Å². The molecule has 3 heteroatoms. The Morgan fingerprint density at radius 1 is 0.333 bits per heavy atom. The first-order chi connectivity index (χ1) is 29.8. The van der Waals surface area contributed by atoms with E-state index < -0.39 is 5.41 Å². The maximum absolute atomic E-state index is 6.52. The molecule has 9 aromatic carbocycles. The molecule has 0 radical (unpaired) electrons. The number of aromatic nitrogens is 2. The number of hydrogen-bond acceptors (Lipinski definition) is 3. The van der Waals surface area contributed by atoms with E-state index in [1.165, 1.54) is 49.9 Å². The van der Waals surface area contributed by atoms with Gasteiger partial charge in [-0.1, -0.05) is 194 Å². The molecule has 2 aromatic heterocycles. The van der Waals surface area contributed by atoms with E-state index in [1.54, 1.807) is 0 Å². The zero-order valence-electron chi connectivity index (χ0n) is 32.6. The van der Waals surface area contributed by atoms with Crippen LogP contribution in [0.4, 0.5) is 0 Å². The lowest BCUT2D eigenvalue weighted by atomic mass is 9.67. The molecule has 60 heavy (non-hydrogen) atoms. The Labute approximate surface area is 347 Å². The average Bonchev–Trinajstić information content (AvgIpc) is 3.86. The van der Waals surface area contributed by atoms with Gasteiger partial charge in [0, 0.05) is 27.5 Å². The van der Waals surface area contributed by atoms with Gasteiger partial charge < -0.3 is 4.42 Å². The van der Waals surface area contributed by atoms with Crippen molar-refractivity contribution in [3.8, 4) is 56.2 Å². The molecular weight excluding hydrogens is 729 g/mol. The SMILES string of the molecule is c1ccc(-c2nc(-c3ccc(-c4ccc5c(c4)-c4ccccc4C5(c4ccccc4)c4ccccc4)c4ccccc34)cc(-c3cccc4c3oc3ccccc34)n2)cc1. The Morgan fingerprint density at radius 3 is 1.63 bits per heavy atom. The van der Waals surface area contributed by atoms with Gasteiger partial charge in [0.05, 0.1) is 16.8 Å². The monoisotopic (exact) mass is 764 g/mol. The molecule has 0 fully saturated rings. The van der Waals surface area contributed by atoms with Crippen molar-refractivity contribution in [2.75, 3.05) is 0 Å². The Bertz CT molecular complexity index is 3380. The normalized spacial score (nSPS) is 12.8. The van der Waals surface area contributed by atoms with Crippen LogP contribution >= 0.6 is 0 Å². The minimum absolute atomic E-state index is 0.438. The van der Waals surface area contributed by atoms with E-state index in [-0.39, 0.29) is 0 Å². The van der Waals surface area contributed by atoms with Crippen molar-refractivity contribution in [3.63, 3.8) is 0 Å². The number of hydrogen-bond donors (Lipinski definition) is 0. The molecule has 0 saturated carbocycles. The van der Waals surface area contributed by atoms with E-state index >= 15 is 0 Å². The second-order valence-electron chi connectivity index (χ2n) is 15.6. The lowest BCUT2D eigenvalue weighted by molar-refractivity contribution is 0.670. The summed E-state index contributed by atoms with van der Waals surface area (Å²) in [7, 11) is 0. The highest BCUT2D eigenvalue weighted by molar-refractivity contribution is 6.10. The number of benzene rings is 9. The van der Waals surface area contributed by atoms with E-state index in [0.29, 0.717) is 5.82 Å². The van der Waals surface area contributed by atoms with Crippen LogP contribution in [0, 0.1) is 0 Å². The van der Waals surface area contributed by atoms with Crippen molar-refractivity contribution >= 4 is 32.7 Å². The Kier molecular flexibility index (Phi) is 7.76. The molecule has 12 rings (SSSR count). The summed E-state index contributed by atoms with van der Waals surface area (Å²) in [6.45, 7) is 0. The second kappa shape index (κ2) is 13.6. The van der Waals surface area contributed by atoms with Crippen LogP contribution in [0.5, 0.6) is 0 Å². The second-order valence-corrected chi connectivity index (χ2v) is 15.6. The number of nitrogens with zero attached hydrogens (tertiary/aromatic N) is 2. The molecule has 1 aliphatic carbocycles. The predicted molar refractivity (Wildman–Crippen MR) is 246 cm³/mol. The molecule has 2 heterocycles. The standard InChI is InChI=1S/C57H36N2O/c1-4-17-37(18-5-1)56-58-52(36-53(59-56)48-28-16-27-47-46-26-13-15-30-54(46)60-55(47)48)45-33-32-41(42-23-10-11-24-43(42)45)38-31-34-51-49(35-38)44-25-12-14-29-50(44)57(51,39-19-6-2-7-20-39)40-21-8-3-9-22-40/h1-36H. The quantitative estimate of drug-likeness (QED) is 0.169. The third-order valence-electron chi connectivity index (χ3n) is 12.4. The van der Waals surface area contributed by atoms with Crippen molar-refractivity contribution in [3.05, 3.63) is 241 Å². The highest BCUT2D eigenvalue weighted by Gasteiger charge is 2.46. The fourth-order valence-electron chi connectivity index (χ4n) is 9.78. The summed E-state index contributed by atoms with van der Waals surface area (Å²) in [6, 6.07) is 78.1. The van der Waals surface area contributed by atoms with Crippen LogP contribution < -0.4 is 0 Å². The molecule has 0 atom stereocenters. The molecule has 0 bridgehead atoms. The van der Waals surface area contributed by atoms with Gasteiger partial charge in [-0.2, -0.15) is 0 Å². The van der Waals surface area contributed by atoms with Crippen LogP contribution in [0.1, 0.15) is 22.3 Å². The van der Waals surface area contributed by atoms with Gasteiger partial charge in [0.25, 0.3) is 0 Å². The predicted octanol–water partition coefficient (Wildman–Crippen LogP) is 14.6. The van der Waals surface area contributed by atoms with Gasteiger partial charge in [-0.15, -0.1) is 0 Å². The first-order valence-corrected chi connectivity index (χ1v) is 20.5. The minimum atomic E-state index is -0.438. The Morgan fingerprint density at radius 2 is 0.883 bits per heavy atom. The number of rotatable bonds is 6. The van der Waals surface area contributed by atoms with Gasteiger partial charge in [0.15, 0.2) is 5.82 Å². The van der Waals surface area contributed by atoms with Gasteiger partial charge in [0.1, 0.15) is 11.2 Å². The highest BCUT2D eigenvalue weighted by atomic mass is 16.3. The molecule has 3 nitrogen and oxygen atoms in total. The number of furan rings is 1. The van der Waals surface area contributed by atoms with Crippen LogP contribution in [-0.4, -0.2) is 9.97 Å². The van der Waals surface area contributed by atoms with Crippen molar-refractivity contribution in [2.24, 2.45) is 0 Å². The maximum atomic E-state index is 6.52. The first kappa shape index (κ1) is 34.2. The summed E-state index contributed by atoms with van der Waals surface area (Å²) in [4.78, 5) is 10.5. The van der Waals surface area contributed by atoms with Crippen LogP contribution in [0.2, 0.25) is 0 Å². The Hall–Kier alpha value is -7.88. The molecule has 0 amide bonds. The summed E-state index contributed by atoms with van der Waals surface area (Å²) in [5.74, 6) is 0.668. The van der Waals surface area contributed by atoms with Crippen molar-refractivity contribution in [2.45, 2.75) is 5.41 Å². The van der Waals surface area contributed by atoms with Gasteiger partial charge >= 0.3 is 0 Å².